The highest BCUT2D eigenvalue weighted by Crippen LogP contribution is 2.27. The molecule has 0 unspecified atom stereocenters. The van der Waals surface area contributed by atoms with Gasteiger partial charge in [-0.25, -0.2) is 4.79 Å². The second-order valence-electron chi connectivity index (χ2n) is 7.22. The molecule has 154 valence electrons. The lowest BCUT2D eigenvalue weighted by molar-refractivity contribution is -0.133. The molecule has 3 rings (SSSR count). The second-order valence-corrected chi connectivity index (χ2v) is 7.22. The summed E-state index contributed by atoms with van der Waals surface area (Å²) in [6.07, 6.45) is 0.515. The lowest BCUT2D eigenvalue weighted by Gasteiger charge is -2.22. The molecule has 2 aromatic carbocycles. The van der Waals surface area contributed by atoms with E-state index in [0.29, 0.717) is 11.4 Å². The lowest BCUT2D eigenvalue weighted by atomic mass is 9.92. The Morgan fingerprint density at radius 2 is 1.90 bits per heavy atom. The van der Waals surface area contributed by atoms with E-state index in [1.54, 1.807) is 44.4 Å². The van der Waals surface area contributed by atoms with Gasteiger partial charge in [-0.15, -0.1) is 0 Å². The Kier molecular flexibility index (Phi) is 6.02. The third-order valence-electron chi connectivity index (χ3n) is 4.90. The van der Waals surface area contributed by atoms with E-state index in [2.05, 4.69) is 16.7 Å². The van der Waals surface area contributed by atoms with Gasteiger partial charge in [0.25, 0.3) is 5.91 Å². The smallest absolute Gasteiger partial charge is 0.325 e. The minimum Gasteiger partial charge on any atom is -0.496 e. The van der Waals surface area contributed by atoms with E-state index in [4.69, 9.17) is 10.00 Å². The van der Waals surface area contributed by atoms with Gasteiger partial charge in [-0.3, -0.25) is 14.5 Å². The number of carbonyl (C=O) groups excluding carboxylic acids is 3. The minimum atomic E-state index is -1.18. The predicted octanol–water partition coefficient (Wildman–Crippen LogP) is 2.25. The molecule has 1 saturated heterocycles. The zero-order valence-corrected chi connectivity index (χ0v) is 16.8. The number of methoxy groups -OCH3 is 1. The fourth-order valence-electron chi connectivity index (χ4n) is 3.38. The molecule has 0 bridgehead atoms. The Morgan fingerprint density at radius 3 is 2.57 bits per heavy atom. The topological polar surface area (TPSA) is 112 Å². The number of urea groups is 1. The Labute approximate surface area is 174 Å². The first-order valence-corrected chi connectivity index (χ1v) is 9.38. The maximum absolute atomic E-state index is 12.9. The van der Waals surface area contributed by atoms with Crippen LogP contribution in [0.15, 0.2) is 48.5 Å². The molecule has 8 nitrogen and oxygen atoms in total. The van der Waals surface area contributed by atoms with Gasteiger partial charge in [0.2, 0.25) is 5.91 Å². The molecular formula is C22H22N4O4. The second kappa shape index (κ2) is 8.66. The summed E-state index contributed by atoms with van der Waals surface area (Å²) in [4.78, 5) is 38.6. The number of benzene rings is 2. The van der Waals surface area contributed by atoms with Gasteiger partial charge >= 0.3 is 6.03 Å². The van der Waals surface area contributed by atoms with Crippen molar-refractivity contribution in [1.29, 1.82) is 5.26 Å². The molecule has 0 aromatic heterocycles. The summed E-state index contributed by atoms with van der Waals surface area (Å²) in [7, 11) is 1.54. The molecule has 1 aliphatic rings. The van der Waals surface area contributed by atoms with Crippen molar-refractivity contribution in [1.82, 2.24) is 10.2 Å². The molecule has 1 aliphatic heterocycles. The van der Waals surface area contributed by atoms with Gasteiger partial charge < -0.3 is 15.4 Å². The number of anilines is 1. The number of nitrogens with zero attached hydrogens (tertiary/aromatic N) is 2. The largest absolute Gasteiger partial charge is 0.496 e. The van der Waals surface area contributed by atoms with Crippen LogP contribution < -0.4 is 15.4 Å². The average molecular weight is 406 g/mol. The number of imide groups is 1. The number of hydrogen-bond acceptors (Lipinski definition) is 5. The normalized spacial score (nSPS) is 18.0. The van der Waals surface area contributed by atoms with Crippen LogP contribution in [0, 0.1) is 11.3 Å². The predicted molar refractivity (Wildman–Crippen MR) is 110 cm³/mol. The molecular weight excluding hydrogens is 384 g/mol. The van der Waals surface area contributed by atoms with Crippen molar-refractivity contribution in [2.24, 2.45) is 0 Å². The van der Waals surface area contributed by atoms with Gasteiger partial charge in [0, 0.05) is 12.1 Å². The van der Waals surface area contributed by atoms with Crippen molar-refractivity contribution >= 4 is 23.5 Å². The first-order valence-electron chi connectivity index (χ1n) is 9.38. The number of hydrogen-bond donors (Lipinski definition) is 2. The third-order valence-corrected chi connectivity index (χ3v) is 4.90. The molecule has 2 N–H and O–H groups in total. The highest BCUT2D eigenvalue weighted by molar-refractivity contribution is 6.10. The number of rotatable bonds is 7. The SMILES string of the molecule is COc1ccccc1C[C@@]1(C)NC(=O)N(CC(=O)Nc2ccc(CC#N)cc2)C1=O. The van der Waals surface area contributed by atoms with E-state index in [9.17, 15) is 14.4 Å². The summed E-state index contributed by atoms with van der Waals surface area (Å²) in [5.41, 5.74) is 0.951. The Balaban J connectivity index is 1.67. The van der Waals surface area contributed by atoms with E-state index in [-0.39, 0.29) is 12.8 Å². The van der Waals surface area contributed by atoms with Crippen LogP contribution in [0.1, 0.15) is 18.1 Å². The highest BCUT2D eigenvalue weighted by atomic mass is 16.5. The molecule has 8 heteroatoms. The van der Waals surface area contributed by atoms with Crippen molar-refractivity contribution in [2.75, 3.05) is 19.0 Å². The zero-order chi connectivity index (χ0) is 21.7. The number of ether oxygens (including phenoxy) is 1. The van der Waals surface area contributed by atoms with E-state index in [1.807, 2.05) is 18.2 Å². The van der Waals surface area contributed by atoms with Gasteiger partial charge in [-0.1, -0.05) is 30.3 Å². The molecule has 0 aliphatic carbocycles. The molecule has 0 spiro atoms. The summed E-state index contributed by atoms with van der Waals surface area (Å²) in [5, 5.41) is 14.1. The monoisotopic (exact) mass is 406 g/mol. The van der Waals surface area contributed by atoms with E-state index in [1.165, 1.54) is 0 Å². The summed E-state index contributed by atoms with van der Waals surface area (Å²) in [6.45, 7) is 1.23. The fraction of sp³-hybridized carbons (Fsp3) is 0.273. The van der Waals surface area contributed by atoms with Gasteiger partial charge in [0.05, 0.1) is 19.6 Å². The maximum Gasteiger partial charge on any atom is 0.325 e. The number of para-hydroxylation sites is 1. The summed E-state index contributed by atoms with van der Waals surface area (Å²) in [6, 6.07) is 15.5. The fourth-order valence-corrected chi connectivity index (χ4v) is 3.38. The molecule has 30 heavy (non-hydrogen) atoms. The van der Waals surface area contributed by atoms with Gasteiger partial charge in [-0.2, -0.15) is 5.26 Å². The molecule has 1 fully saturated rings. The number of nitriles is 1. The third kappa shape index (κ3) is 4.41. The Morgan fingerprint density at radius 1 is 1.20 bits per heavy atom. The average Bonchev–Trinajstić information content (AvgIpc) is 2.93. The molecule has 1 heterocycles. The van der Waals surface area contributed by atoms with Crippen LogP contribution in [0.2, 0.25) is 0 Å². The first-order chi connectivity index (χ1) is 14.4. The van der Waals surface area contributed by atoms with Crippen LogP contribution in [-0.4, -0.2) is 41.9 Å². The van der Waals surface area contributed by atoms with Crippen LogP contribution >= 0.6 is 0 Å². The van der Waals surface area contributed by atoms with Crippen molar-refractivity contribution in [3.8, 4) is 11.8 Å². The van der Waals surface area contributed by atoms with Gasteiger partial charge in [0.15, 0.2) is 0 Å². The van der Waals surface area contributed by atoms with Crippen LogP contribution in [0.3, 0.4) is 0 Å². The minimum absolute atomic E-state index is 0.236. The molecule has 0 radical (unpaired) electrons. The molecule has 4 amide bonds. The van der Waals surface area contributed by atoms with Crippen LogP contribution in [0.4, 0.5) is 10.5 Å². The summed E-state index contributed by atoms with van der Waals surface area (Å²) < 4.78 is 5.32. The maximum atomic E-state index is 12.9. The van der Waals surface area contributed by atoms with Crippen molar-refractivity contribution in [3.63, 3.8) is 0 Å². The number of nitrogens with one attached hydrogen (secondary N) is 2. The zero-order valence-electron chi connectivity index (χ0n) is 16.8. The van der Waals surface area contributed by atoms with Crippen LogP contribution in [0.25, 0.3) is 0 Å². The number of amides is 4. The van der Waals surface area contributed by atoms with Gasteiger partial charge in [0.1, 0.15) is 17.8 Å². The highest BCUT2D eigenvalue weighted by Gasteiger charge is 2.48. The van der Waals surface area contributed by atoms with E-state index in [0.717, 1.165) is 16.0 Å². The summed E-state index contributed by atoms with van der Waals surface area (Å²) >= 11 is 0. The molecule has 0 saturated carbocycles. The lowest BCUT2D eigenvalue weighted by Crippen LogP contribution is -2.46. The van der Waals surface area contributed by atoms with Crippen molar-refractivity contribution < 1.29 is 19.1 Å². The Hall–Kier alpha value is -3.86. The van der Waals surface area contributed by atoms with Crippen molar-refractivity contribution in [3.05, 3.63) is 59.7 Å². The standard InChI is InChI=1S/C22H22N4O4/c1-22(13-16-5-3-4-6-18(16)30-2)20(28)26(21(29)25-22)14-19(27)24-17-9-7-15(8-10-17)11-12-23/h3-10H,11,13-14H2,1-2H3,(H,24,27)(H,25,29)/t22-/m1/s1. The van der Waals surface area contributed by atoms with E-state index < -0.39 is 29.9 Å². The molecule has 1 atom stereocenters. The quantitative estimate of drug-likeness (QED) is 0.685. The number of carbonyl (C=O) groups is 3. The van der Waals surface area contributed by atoms with Gasteiger partial charge in [-0.05, 0) is 36.2 Å². The Bertz CT molecular complexity index is 1010. The van der Waals surface area contributed by atoms with E-state index >= 15 is 0 Å². The van der Waals surface area contributed by atoms with Crippen molar-refractivity contribution in [2.45, 2.75) is 25.3 Å². The summed E-state index contributed by atoms with van der Waals surface area (Å²) in [5.74, 6) is -0.345. The molecule has 2 aromatic rings. The van der Waals surface area contributed by atoms with Crippen LogP contribution in [0.5, 0.6) is 5.75 Å². The first kappa shape index (κ1) is 20.9. The van der Waals surface area contributed by atoms with Crippen LogP contribution in [-0.2, 0) is 22.4 Å².